The predicted octanol–water partition coefficient (Wildman–Crippen LogP) is 5.77. The van der Waals surface area contributed by atoms with E-state index in [2.05, 4.69) is 25.2 Å². The summed E-state index contributed by atoms with van der Waals surface area (Å²) in [5, 5.41) is 34.5. The molecule has 2 aromatic carbocycles. The minimum Gasteiger partial charge on any atom is -0.508 e. The number of nitrogens with one attached hydrogen (secondary N) is 1. The van der Waals surface area contributed by atoms with E-state index in [1.807, 2.05) is 48.5 Å². The molecule has 210 valence electrons. The predicted molar refractivity (Wildman–Crippen MR) is 152 cm³/mol. The van der Waals surface area contributed by atoms with Crippen LogP contribution in [-0.4, -0.2) is 33.3 Å². The van der Waals surface area contributed by atoms with Crippen molar-refractivity contribution in [2.75, 3.05) is 0 Å². The van der Waals surface area contributed by atoms with Crippen LogP contribution in [0.3, 0.4) is 0 Å². The molecule has 4 aliphatic carbocycles. The summed E-state index contributed by atoms with van der Waals surface area (Å²) < 4.78 is 0. The number of carbonyl (C=O) groups excluding carboxylic acids is 1. The Labute approximate surface area is 235 Å². The topological polar surface area (TPSA) is 107 Å². The highest BCUT2D eigenvalue weighted by Gasteiger charge is 2.62. The number of phenols is 1. The second-order valence-electron chi connectivity index (χ2n) is 12.9. The maximum atomic E-state index is 14.1. The minimum atomic E-state index is -0.854. The fourth-order valence-electron chi connectivity index (χ4n) is 8.97. The minimum absolute atomic E-state index is 0.0162. The number of carbonyl (C=O) groups is 2. The monoisotopic (exact) mass is 541 g/mol. The van der Waals surface area contributed by atoms with Crippen molar-refractivity contribution in [2.24, 2.45) is 34.5 Å². The zero-order valence-electron chi connectivity index (χ0n) is 23.2. The molecule has 2 aromatic rings. The Bertz CT molecular complexity index is 1360. The second-order valence-corrected chi connectivity index (χ2v) is 12.9. The van der Waals surface area contributed by atoms with Crippen LogP contribution in [0.25, 0.3) is 0 Å². The molecular weight excluding hydrogens is 502 g/mol. The first kappa shape index (κ1) is 26.8. The van der Waals surface area contributed by atoms with Crippen molar-refractivity contribution in [1.29, 1.82) is 0 Å². The number of aliphatic hydroxyl groups excluding tert-OH is 1. The highest BCUT2D eigenvalue weighted by molar-refractivity contribution is 5.87. The lowest BCUT2D eigenvalue weighted by Crippen LogP contribution is -2.56. The Kier molecular flexibility index (Phi) is 6.65. The van der Waals surface area contributed by atoms with Crippen LogP contribution in [0, 0.1) is 34.5 Å². The average Bonchev–Trinajstić information content (AvgIpc) is 3.28. The van der Waals surface area contributed by atoms with Gasteiger partial charge in [-0.15, -0.1) is 0 Å². The number of carboxylic acid groups (broad SMARTS) is 1. The first-order chi connectivity index (χ1) is 19.1. The molecule has 0 aliphatic heterocycles. The maximum absolute atomic E-state index is 14.1. The van der Waals surface area contributed by atoms with Crippen molar-refractivity contribution in [3.05, 3.63) is 89.0 Å². The van der Waals surface area contributed by atoms with E-state index in [1.54, 1.807) is 12.1 Å². The summed E-state index contributed by atoms with van der Waals surface area (Å²) in [7, 11) is 0. The van der Waals surface area contributed by atoms with Gasteiger partial charge in [-0.25, -0.2) is 4.79 Å². The summed E-state index contributed by atoms with van der Waals surface area (Å²) in [4.78, 5) is 25.7. The fourth-order valence-corrected chi connectivity index (χ4v) is 8.97. The summed E-state index contributed by atoms with van der Waals surface area (Å²) >= 11 is 0. The van der Waals surface area contributed by atoms with Crippen molar-refractivity contribution in [2.45, 2.75) is 64.5 Å². The van der Waals surface area contributed by atoms with Crippen molar-refractivity contribution < 1.29 is 24.9 Å². The highest BCUT2D eigenvalue weighted by atomic mass is 16.4. The molecule has 2 fully saturated rings. The number of allylic oxidation sites excluding steroid dienone is 3. The average molecular weight is 542 g/mol. The number of phenolic OH excluding ortho intramolecular Hbond substituents is 1. The van der Waals surface area contributed by atoms with Crippen molar-refractivity contribution in [3.63, 3.8) is 0 Å². The Balaban J connectivity index is 1.28. The third kappa shape index (κ3) is 4.28. The normalized spacial score (nSPS) is 35.3. The van der Waals surface area contributed by atoms with Crippen molar-refractivity contribution in [1.82, 2.24) is 5.32 Å². The van der Waals surface area contributed by atoms with Crippen LogP contribution in [0.1, 0.15) is 69.5 Å². The van der Waals surface area contributed by atoms with E-state index < -0.39 is 12.1 Å². The van der Waals surface area contributed by atoms with E-state index in [9.17, 15) is 24.9 Å². The zero-order chi connectivity index (χ0) is 28.2. The molecular formula is C34H39NO5. The smallest absolute Gasteiger partial charge is 0.331 e. The molecule has 1 amide bonds. The lowest BCUT2D eigenvalue weighted by Gasteiger charge is -2.58. The first-order valence-corrected chi connectivity index (χ1v) is 14.6. The molecule has 6 rings (SSSR count). The van der Waals surface area contributed by atoms with Crippen LogP contribution >= 0.6 is 0 Å². The number of carboxylic acids is 1. The number of rotatable bonds is 5. The molecule has 0 spiro atoms. The van der Waals surface area contributed by atoms with Crippen LogP contribution in [0.2, 0.25) is 0 Å². The highest BCUT2D eigenvalue weighted by Crippen LogP contribution is 2.66. The van der Waals surface area contributed by atoms with Gasteiger partial charge in [0.1, 0.15) is 5.75 Å². The van der Waals surface area contributed by atoms with Crippen LogP contribution in [0.4, 0.5) is 0 Å². The first-order valence-electron chi connectivity index (χ1n) is 14.6. The number of aromatic hydroxyl groups is 1. The van der Waals surface area contributed by atoms with Gasteiger partial charge >= 0.3 is 5.97 Å². The molecule has 6 heteroatoms. The standard InChI is InChI=1S/C34H39NO5/c1-33-17-16-22(32(39)40)18-23(33)10-13-25-26-14-15-27(34(26,2)19-28(37)29(25)33)31(38)35-30(20-6-4-3-5-7-20)21-8-11-24(36)12-9-21/h3-12,18,25-30,36-37H,13-17,19H2,1-2H3,(H,35,38)(H,39,40)/t25-,26-,27+,28-,29+,30?,33-,34-/m0/s1. The fraction of sp³-hybridized carbons (Fsp3) is 0.471. The van der Waals surface area contributed by atoms with E-state index in [4.69, 9.17) is 0 Å². The number of amides is 1. The molecule has 40 heavy (non-hydrogen) atoms. The maximum Gasteiger partial charge on any atom is 0.331 e. The van der Waals surface area contributed by atoms with E-state index >= 15 is 0 Å². The third-order valence-corrected chi connectivity index (χ3v) is 10.9. The molecule has 2 saturated carbocycles. The van der Waals surface area contributed by atoms with Gasteiger partial charge in [0.15, 0.2) is 0 Å². The summed E-state index contributed by atoms with van der Waals surface area (Å²) in [6, 6.07) is 16.5. The lowest BCUT2D eigenvalue weighted by molar-refractivity contribution is -0.141. The van der Waals surface area contributed by atoms with Gasteiger partial charge in [0.05, 0.1) is 12.1 Å². The van der Waals surface area contributed by atoms with Crippen molar-refractivity contribution in [3.8, 4) is 5.75 Å². The number of aliphatic hydroxyl groups is 1. The van der Waals surface area contributed by atoms with Gasteiger partial charge in [-0.2, -0.15) is 0 Å². The van der Waals surface area contributed by atoms with Gasteiger partial charge in [-0.1, -0.05) is 62.4 Å². The number of hydrogen-bond acceptors (Lipinski definition) is 4. The molecule has 8 atom stereocenters. The van der Waals surface area contributed by atoms with Crippen molar-refractivity contribution >= 4 is 11.9 Å². The summed E-state index contributed by atoms with van der Waals surface area (Å²) in [5.41, 5.74) is 2.83. The molecule has 0 bridgehead atoms. The second kappa shape index (κ2) is 9.91. The van der Waals surface area contributed by atoms with E-state index in [1.165, 1.54) is 0 Å². The molecule has 0 heterocycles. The molecule has 4 N–H and O–H groups in total. The molecule has 4 aliphatic rings. The molecule has 0 radical (unpaired) electrons. The van der Waals surface area contributed by atoms with E-state index in [0.29, 0.717) is 24.3 Å². The number of benzene rings is 2. The lowest BCUT2D eigenvalue weighted by atomic mass is 9.47. The zero-order valence-corrected chi connectivity index (χ0v) is 23.2. The number of fused-ring (bicyclic) bond motifs is 5. The Morgan fingerprint density at radius 3 is 2.40 bits per heavy atom. The van der Waals surface area contributed by atoms with Crippen LogP contribution in [0.15, 0.2) is 77.9 Å². The van der Waals surface area contributed by atoms with Crippen LogP contribution in [0.5, 0.6) is 5.75 Å². The summed E-state index contributed by atoms with van der Waals surface area (Å²) in [6.45, 7) is 4.41. The Morgan fingerprint density at radius 2 is 1.70 bits per heavy atom. The van der Waals surface area contributed by atoms with E-state index in [0.717, 1.165) is 42.4 Å². The largest absolute Gasteiger partial charge is 0.508 e. The van der Waals surface area contributed by atoms with Crippen LogP contribution in [-0.2, 0) is 9.59 Å². The third-order valence-electron chi connectivity index (χ3n) is 10.9. The molecule has 0 saturated heterocycles. The van der Waals surface area contributed by atoms with E-state index in [-0.39, 0.29) is 46.3 Å². The van der Waals surface area contributed by atoms with Gasteiger partial charge in [0, 0.05) is 11.5 Å². The SMILES string of the molecule is C[C@]12C[C@H](O)[C@H]3[C@@H](CC=C4C=C(C(=O)O)CC[C@@]43C)[C@@H]1CC[C@@H]2C(=O)NC(c1ccccc1)c1ccc(O)cc1. The van der Waals surface area contributed by atoms with Gasteiger partial charge in [0.25, 0.3) is 0 Å². The number of aliphatic carboxylic acids is 1. The molecule has 1 unspecified atom stereocenters. The van der Waals surface area contributed by atoms with Gasteiger partial charge in [-0.3, -0.25) is 4.79 Å². The van der Waals surface area contributed by atoms with Gasteiger partial charge < -0.3 is 20.6 Å². The van der Waals surface area contributed by atoms with Gasteiger partial charge in [0.2, 0.25) is 5.91 Å². The Morgan fingerprint density at radius 1 is 1.00 bits per heavy atom. The molecule has 0 aromatic heterocycles. The number of hydrogen-bond donors (Lipinski definition) is 4. The summed E-state index contributed by atoms with van der Waals surface area (Å²) in [5.74, 6) is -0.213. The Hall–Kier alpha value is -3.38. The quantitative estimate of drug-likeness (QED) is 0.385. The van der Waals surface area contributed by atoms with Gasteiger partial charge in [-0.05, 0) is 102 Å². The molecule has 6 nitrogen and oxygen atoms in total. The van der Waals surface area contributed by atoms with Crippen LogP contribution < -0.4 is 5.32 Å². The summed E-state index contributed by atoms with van der Waals surface area (Å²) in [6.07, 6.45) is 7.89.